The number of ketones is 1. The molecule has 0 rings (SSSR count). The van der Waals surface area contributed by atoms with Crippen LogP contribution in [0.5, 0.6) is 0 Å². The molecule has 4 heteroatoms. The highest BCUT2D eigenvalue weighted by atomic mass is 16.4. The van der Waals surface area contributed by atoms with E-state index in [9.17, 15) is 9.59 Å². The lowest BCUT2D eigenvalue weighted by Gasteiger charge is -2.00. The molecule has 3 N–H and O–H groups in total. The minimum atomic E-state index is -1.04. The van der Waals surface area contributed by atoms with Gasteiger partial charge in [0.15, 0.2) is 0 Å². The van der Waals surface area contributed by atoms with Crippen LogP contribution in [0.1, 0.15) is 27.2 Å². The molecule has 0 saturated carbocycles. The molecule has 0 bridgehead atoms. The molecule has 0 unspecified atom stereocenters. The summed E-state index contributed by atoms with van der Waals surface area (Å²) >= 11 is 0. The van der Waals surface area contributed by atoms with Crippen molar-refractivity contribution in [3.05, 3.63) is 0 Å². The van der Waals surface area contributed by atoms with Crippen molar-refractivity contribution in [3.8, 4) is 0 Å². The normalized spacial score (nSPS) is 10.9. The Morgan fingerprint density at radius 1 is 1.45 bits per heavy atom. The summed E-state index contributed by atoms with van der Waals surface area (Å²) in [6.07, 6.45) is -0.282. The molecule has 1 atom stereocenters. The van der Waals surface area contributed by atoms with E-state index < -0.39 is 12.0 Å². The molecule has 0 aliphatic rings. The van der Waals surface area contributed by atoms with Crippen LogP contribution < -0.4 is 5.73 Å². The van der Waals surface area contributed by atoms with Crippen LogP contribution in [-0.2, 0) is 9.59 Å². The highest BCUT2D eigenvalue weighted by molar-refractivity contribution is 5.85. The fraction of sp³-hybridized carbons (Fsp3) is 0.714. The van der Waals surface area contributed by atoms with Gasteiger partial charge in [0.25, 0.3) is 0 Å². The molecule has 0 saturated heterocycles. The third-order valence-electron chi connectivity index (χ3n) is 0.917. The van der Waals surface area contributed by atoms with Crippen molar-refractivity contribution in [2.45, 2.75) is 33.2 Å². The van der Waals surface area contributed by atoms with Gasteiger partial charge in [0.2, 0.25) is 0 Å². The number of rotatable bonds is 3. The molecule has 0 aromatic rings. The SMILES string of the molecule is CC.CC(=O)[C@@H](N)CC(=O)O. The monoisotopic (exact) mass is 161 g/mol. The largest absolute Gasteiger partial charge is 0.481 e. The van der Waals surface area contributed by atoms with Crippen molar-refractivity contribution in [2.24, 2.45) is 5.73 Å². The van der Waals surface area contributed by atoms with E-state index in [4.69, 9.17) is 10.8 Å². The third kappa shape index (κ3) is 9.10. The van der Waals surface area contributed by atoms with Gasteiger partial charge in [-0.2, -0.15) is 0 Å². The predicted molar refractivity (Wildman–Crippen MR) is 42.3 cm³/mol. The molecule has 0 spiro atoms. The van der Waals surface area contributed by atoms with Crippen molar-refractivity contribution in [1.82, 2.24) is 0 Å². The van der Waals surface area contributed by atoms with Gasteiger partial charge in [-0.1, -0.05) is 13.8 Å². The summed E-state index contributed by atoms with van der Waals surface area (Å²) < 4.78 is 0. The molecule has 0 aliphatic carbocycles. The standard InChI is InChI=1S/C5H9NO3.C2H6/c1-3(7)4(6)2-5(8)9;1-2/h4H,2,6H2,1H3,(H,8,9);1-2H3/t4-;/m0./s1. The van der Waals surface area contributed by atoms with E-state index >= 15 is 0 Å². The van der Waals surface area contributed by atoms with Crippen molar-refractivity contribution in [3.63, 3.8) is 0 Å². The van der Waals surface area contributed by atoms with Crippen molar-refractivity contribution in [2.75, 3.05) is 0 Å². The molecular weight excluding hydrogens is 146 g/mol. The second kappa shape index (κ2) is 7.21. The first-order valence-corrected chi connectivity index (χ1v) is 3.52. The summed E-state index contributed by atoms with van der Waals surface area (Å²) in [5.41, 5.74) is 5.09. The van der Waals surface area contributed by atoms with Gasteiger partial charge >= 0.3 is 5.97 Å². The minimum Gasteiger partial charge on any atom is -0.481 e. The second-order valence-electron chi connectivity index (χ2n) is 1.82. The molecule has 0 fully saturated rings. The van der Waals surface area contributed by atoms with Crippen LogP contribution in [0.2, 0.25) is 0 Å². The number of hydrogen-bond donors (Lipinski definition) is 2. The summed E-state index contributed by atoms with van der Waals surface area (Å²) in [5.74, 6) is -1.34. The first kappa shape index (κ1) is 12.7. The van der Waals surface area contributed by atoms with Crippen LogP contribution in [0, 0.1) is 0 Å². The zero-order valence-corrected chi connectivity index (χ0v) is 7.13. The molecule has 0 heterocycles. The summed E-state index contributed by atoms with van der Waals surface area (Å²) in [7, 11) is 0. The number of Topliss-reactive ketones (excluding diaryl/α,β-unsaturated/α-hetero) is 1. The number of carboxylic acids is 1. The lowest BCUT2D eigenvalue weighted by molar-refractivity contribution is -0.138. The van der Waals surface area contributed by atoms with Crippen LogP contribution >= 0.6 is 0 Å². The topological polar surface area (TPSA) is 80.4 Å². The Morgan fingerprint density at radius 2 is 1.82 bits per heavy atom. The molecule has 0 aromatic heterocycles. The summed E-state index contributed by atoms with van der Waals surface area (Å²) in [4.78, 5) is 20.2. The molecule has 0 amide bonds. The smallest absolute Gasteiger partial charge is 0.305 e. The van der Waals surface area contributed by atoms with Crippen LogP contribution in [0.25, 0.3) is 0 Å². The summed E-state index contributed by atoms with van der Waals surface area (Å²) in [6, 6.07) is -0.845. The third-order valence-corrected chi connectivity index (χ3v) is 0.917. The molecule has 66 valence electrons. The Balaban J connectivity index is 0. The zero-order valence-electron chi connectivity index (χ0n) is 7.13. The number of carboxylic acid groups (broad SMARTS) is 1. The Bertz CT molecular complexity index is 134. The molecule has 11 heavy (non-hydrogen) atoms. The number of carbonyl (C=O) groups is 2. The van der Waals surface area contributed by atoms with E-state index in [0.717, 1.165) is 0 Å². The van der Waals surface area contributed by atoms with E-state index in [1.54, 1.807) is 0 Å². The number of carbonyl (C=O) groups excluding carboxylic acids is 1. The summed E-state index contributed by atoms with van der Waals surface area (Å²) in [6.45, 7) is 5.27. The summed E-state index contributed by atoms with van der Waals surface area (Å²) in [5, 5.41) is 8.10. The Hall–Kier alpha value is -0.900. The fourth-order valence-corrected chi connectivity index (χ4v) is 0.332. The highest BCUT2D eigenvalue weighted by Gasteiger charge is 2.11. The lowest BCUT2D eigenvalue weighted by atomic mass is 10.1. The van der Waals surface area contributed by atoms with Crippen molar-refractivity contribution in [1.29, 1.82) is 0 Å². The first-order chi connectivity index (χ1) is 5.04. The predicted octanol–water partition coefficient (Wildman–Crippen LogP) is 0.404. The van der Waals surface area contributed by atoms with Gasteiger partial charge in [-0.05, 0) is 6.92 Å². The molecule has 0 radical (unpaired) electrons. The molecular formula is C7H15NO3. The maximum atomic E-state index is 10.3. The first-order valence-electron chi connectivity index (χ1n) is 3.52. The van der Waals surface area contributed by atoms with E-state index in [1.165, 1.54) is 6.92 Å². The van der Waals surface area contributed by atoms with Gasteiger partial charge in [-0.3, -0.25) is 9.59 Å². The minimum absolute atomic E-state index is 0.282. The zero-order chi connectivity index (χ0) is 9.44. The molecule has 4 nitrogen and oxygen atoms in total. The Kier molecular flexibility index (Phi) is 8.36. The Labute approximate surface area is 66.4 Å². The number of hydrogen-bond acceptors (Lipinski definition) is 3. The average molecular weight is 161 g/mol. The second-order valence-corrected chi connectivity index (χ2v) is 1.82. The van der Waals surface area contributed by atoms with Gasteiger partial charge < -0.3 is 10.8 Å². The van der Waals surface area contributed by atoms with Gasteiger partial charge in [0.1, 0.15) is 5.78 Å². The molecule has 0 aliphatic heterocycles. The van der Waals surface area contributed by atoms with Gasteiger partial charge in [-0.25, -0.2) is 0 Å². The van der Waals surface area contributed by atoms with E-state index in [0.29, 0.717) is 0 Å². The fourth-order valence-electron chi connectivity index (χ4n) is 0.332. The maximum absolute atomic E-state index is 10.3. The van der Waals surface area contributed by atoms with Crippen LogP contribution in [0.4, 0.5) is 0 Å². The quantitative estimate of drug-likeness (QED) is 0.628. The van der Waals surface area contributed by atoms with Crippen molar-refractivity contribution >= 4 is 11.8 Å². The maximum Gasteiger partial charge on any atom is 0.305 e. The van der Waals surface area contributed by atoms with E-state index in [-0.39, 0.29) is 12.2 Å². The van der Waals surface area contributed by atoms with Crippen LogP contribution in [0.15, 0.2) is 0 Å². The lowest BCUT2D eigenvalue weighted by Crippen LogP contribution is -2.30. The van der Waals surface area contributed by atoms with Gasteiger partial charge in [0.05, 0.1) is 12.5 Å². The van der Waals surface area contributed by atoms with Crippen LogP contribution in [-0.4, -0.2) is 22.9 Å². The average Bonchev–Trinajstić information content (AvgIpc) is 1.90. The van der Waals surface area contributed by atoms with E-state index in [1.807, 2.05) is 13.8 Å². The number of aliphatic carboxylic acids is 1. The van der Waals surface area contributed by atoms with Crippen molar-refractivity contribution < 1.29 is 14.7 Å². The highest BCUT2D eigenvalue weighted by Crippen LogP contribution is 1.87. The van der Waals surface area contributed by atoms with Crippen LogP contribution in [0.3, 0.4) is 0 Å². The van der Waals surface area contributed by atoms with E-state index in [2.05, 4.69) is 0 Å². The van der Waals surface area contributed by atoms with Gasteiger partial charge in [0, 0.05) is 0 Å². The van der Waals surface area contributed by atoms with Gasteiger partial charge in [-0.15, -0.1) is 0 Å². The Morgan fingerprint density at radius 3 is 1.91 bits per heavy atom. The number of nitrogens with two attached hydrogens (primary N) is 1. The molecule has 0 aromatic carbocycles.